The van der Waals surface area contributed by atoms with E-state index in [-0.39, 0.29) is 18.9 Å². The summed E-state index contributed by atoms with van der Waals surface area (Å²) in [5, 5.41) is 19.7. The highest BCUT2D eigenvalue weighted by molar-refractivity contribution is 5.79. The Morgan fingerprint density at radius 2 is 1.88 bits per heavy atom. The fourth-order valence-corrected chi connectivity index (χ4v) is 1.14. The maximum Gasteiger partial charge on any atom is 0.334 e. The van der Waals surface area contributed by atoms with Crippen molar-refractivity contribution in [2.24, 2.45) is 0 Å². The highest BCUT2D eigenvalue weighted by Gasteiger charge is 2.13. The minimum absolute atomic E-state index is 0.174. The van der Waals surface area contributed by atoms with Gasteiger partial charge in [-0.25, -0.2) is 4.79 Å². The first-order chi connectivity index (χ1) is 7.59. The molecule has 0 aliphatic rings. The molecule has 0 radical (unpaired) electrons. The van der Waals surface area contributed by atoms with Gasteiger partial charge in [0, 0.05) is 0 Å². The Hall–Kier alpha value is -1.88. The molecule has 0 aromatic heterocycles. The maximum atomic E-state index is 11.3. The Labute approximate surface area is 92.7 Å². The molecule has 0 bridgehead atoms. The highest BCUT2D eigenvalue weighted by Crippen LogP contribution is 1.98. The molecule has 3 N–H and O–H groups in total. The molecule has 0 spiro atoms. The van der Waals surface area contributed by atoms with Crippen LogP contribution >= 0.6 is 0 Å². The van der Waals surface area contributed by atoms with Gasteiger partial charge in [0.05, 0.1) is 13.0 Å². The van der Waals surface area contributed by atoms with E-state index in [1.165, 1.54) is 0 Å². The highest BCUT2D eigenvalue weighted by atomic mass is 16.4. The van der Waals surface area contributed by atoms with Crippen LogP contribution in [-0.2, 0) is 16.0 Å². The van der Waals surface area contributed by atoms with Crippen LogP contribution in [0.25, 0.3) is 0 Å². The molecule has 86 valence electrons. The predicted molar refractivity (Wildman–Crippen MR) is 56.8 cm³/mol. The number of hydrogen-bond acceptors (Lipinski definition) is 3. The number of amides is 1. The first kappa shape index (κ1) is 12.2. The number of nitrogens with one attached hydrogen (secondary N) is 1. The molecule has 1 unspecified atom stereocenters. The van der Waals surface area contributed by atoms with Gasteiger partial charge in [0.1, 0.15) is 0 Å². The van der Waals surface area contributed by atoms with Crippen molar-refractivity contribution in [3.05, 3.63) is 35.9 Å². The molecule has 1 atom stereocenters. The second-order valence-corrected chi connectivity index (χ2v) is 3.32. The molecule has 1 amide bonds. The molecule has 5 heteroatoms. The van der Waals surface area contributed by atoms with E-state index in [0.29, 0.717) is 0 Å². The molecule has 0 saturated carbocycles. The molecule has 5 nitrogen and oxygen atoms in total. The third-order valence-electron chi connectivity index (χ3n) is 1.99. The lowest BCUT2D eigenvalue weighted by Gasteiger charge is -2.07. The van der Waals surface area contributed by atoms with Crippen LogP contribution in [0, 0.1) is 0 Å². The number of benzene rings is 1. The van der Waals surface area contributed by atoms with Crippen molar-refractivity contribution in [3.8, 4) is 0 Å². The number of aliphatic carboxylic acids is 1. The summed E-state index contributed by atoms with van der Waals surface area (Å²) in [6.45, 7) is -0.277. The average Bonchev–Trinajstić information content (AvgIpc) is 2.27. The Balaban J connectivity index is 2.35. The van der Waals surface area contributed by atoms with E-state index in [0.717, 1.165) is 5.56 Å². The van der Waals surface area contributed by atoms with Crippen LogP contribution in [0.1, 0.15) is 5.56 Å². The number of hydrogen-bond donors (Lipinski definition) is 3. The number of carbonyl (C=O) groups excluding carboxylic acids is 1. The molecule has 0 aliphatic heterocycles. The lowest BCUT2D eigenvalue weighted by molar-refractivity contribution is -0.146. The number of carbonyl (C=O) groups is 2. The van der Waals surface area contributed by atoms with Crippen LogP contribution in [0.4, 0.5) is 0 Å². The van der Waals surface area contributed by atoms with Gasteiger partial charge in [-0.1, -0.05) is 30.3 Å². The number of aliphatic hydroxyl groups is 1. The van der Waals surface area contributed by atoms with Crippen molar-refractivity contribution >= 4 is 11.9 Å². The van der Waals surface area contributed by atoms with Crippen molar-refractivity contribution in [3.63, 3.8) is 0 Å². The molecular weight excluding hydrogens is 210 g/mol. The van der Waals surface area contributed by atoms with Crippen LogP contribution in [0.3, 0.4) is 0 Å². The number of carboxylic acids is 1. The average molecular weight is 223 g/mol. The van der Waals surface area contributed by atoms with Gasteiger partial charge >= 0.3 is 5.97 Å². The Morgan fingerprint density at radius 3 is 2.44 bits per heavy atom. The zero-order chi connectivity index (χ0) is 12.0. The van der Waals surface area contributed by atoms with E-state index in [4.69, 9.17) is 10.2 Å². The van der Waals surface area contributed by atoms with Gasteiger partial charge in [0.25, 0.3) is 0 Å². The smallest absolute Gasteiger partial charge is 0.334 e. The van der Waals surface area contributed by atoms with Gasteiger partial charge in [-0.05, 0) is 5.56 Å². The largest absolute Gasteiger partial charge is 0.479 e. The molecule has 1 aromatic carbocycles. The quantitative estimate of drug-likeness (QED) is 0.644. The lowest BCUT2D eigenvalue weighted by Crippen LogP contribution is -2.37. The third-order valence-corrected chi connectivity index (χ3v) is 1.99. The number of carboxylic acid groups (broad SMARTS) is 1. The summed E-state index contributed by atoms with van der Waals surface area (Å²) in [5.41, 5.74) is 0.838. The molecule has 0 aliphatic carbocycles. The van der Waals surface area contributed by atoms with Crippen molar-refractivity contribution in [2.75, 3.05) is 6.54 Å². The maximum absolute atomic E-state index is 11.3. The normalized spacial score (nSPS) is 11.8. The zero-order valence-electron chi connectivity index (χ0n) is 8.59. The standard InChI is InChI=1S/C11H13NO4/c13-9(11(15)16)7-12-10(14)6-8-4-2-1-3-5-8/h1-5,9,13H,6-7H2,(H,12,14)(H,15,16). The van der Waals surface area contributed by atoms with Crippen molar-refractivity contribution < 1.29 is 19.8 Å². The summed E-state index contributed by atoms with van der Waals surface area (Å²) in [7, 11) is 0. The van der Waals surface area contributed by atoms with E-state index >= 15 is 0 Å². The number of rotatable bonds is 5. The molecular formula is C11H13NO4. The summed E-state index contributed by atoms with van der Waals surface area (Å²) >= 11 is 0. The molecule has 16 heavy (non-hydrogen) atoms. The first-order valence-corrected chi connectivity index (χ1v) is 4.81. The summed E-state index contributed by atoms with van der Waals surface area (Å²) in [4.78, 5) is 21.6. The Morgan fingerprint density at radius 1 is 1.25 bits per heavy atom. The summed E-state index contributed by atoms with van der Waals surface area (Å²) in [6, 6.07) is 9.07. The minimum atomic E-state index is -1.56. The molecule has 0 saturated heterocycles. The Bertz CT molecular complexity index is 364. The van der Waals surface area contributed by atoms with Crippen LogP contribution in [0.5, 0.6) is 0 Å². The lowest BCUT2D eigenvalue weighted by atomic mass is 10.1. The van der Waals surface area contributed by atoms with Crippen molar-refractivity contribution in [2.45, 2.75) is 12.5 Å². The predicted octanol–water partition coefficient (Wildman–Crippen LogP) is -0.209. The minimum Gasteiger partial charge on any atom is -0.479 e. The summed E-state index contributed by atoms with van der Waals surface area (Å²) in [6.07, 6.45) is -1.38. The monoisotopic (exact) mass is 223 g/mol. The van der Waals surface area contributed by atoms with E-state index in [1.807, 2.05) is 18.2 Å². The Kier molecular flexibility index (Phi) is 4.47. The molecule has 1 aromatic rings. The van der Waals surface area contributed by atoms with Gasteiger partial charge in [0.15, 0.2) is 6.10 Å². The van der Waals surface area contributed by atoms with Crippen LogP contribution < -0.4 is 5.32 Å². The molecule has 0 fully saturated rings. The van der Waals surface area contributed by atoms with Gasteiger partial charge < -0.3 is 15.5 Å². The summed E-state index contributed by atoms with van der Waals surface area (Å²) in [5.74, 6) is -1.66. The SMILES string of the molecule is O=C(Cc1ccccc1)NCC(O)C(=O)O. The second-order valence-electron chi connectivity index (χ2n) is 3.32. The fraction of sp³-hybridized carbons (Fsp3) is 0.273. The van der Waals surface area contributed by atoms with Crippen LogP contribution in [0.15, 0.2) is 30.3 Å². The zero-order valence-corrected chi connectivity index (χ0v) is 8.59. The van der Waals surface area contributed by atoms with Crippen LogP contribution in [0.2, 0.25) is 0 Å². The van der Waals surface area contributed by atoms with Gasteiger partial charge in [-0.15, -0.1) is 0 Å². The van der Waals surface area contributed by atoms with E-state index in [1.54, 1.807) is 12.1 Å². The van der Waals surface area contributed by atoms with E-state index in [2.05, 4.69) is 5.32 Å². The van der Waals surface area contributed by atoms with Gasteiger partial charge in [-0.2, -0.15) is 0 Å². The van der Waals surface area contributed by atoms with Crippen molar-refractivity contribution in [1.29, 1.82) is 0 Å². The van der Waals surface area contributed by atoms with Gasteiger partial charge in [0.2, 0.25) is 5.91 Å². The molecule has 0 heterocycles. The number of aliphatic hydroxyl groups excluding tert-OH is 1. The van der Waals surface area contributed by atoms with E-state index < -0.39 is 12.1 Å². The molecule has 1 rings (SSSR count). The van der Waals surface area contributed by atoms with Crippen LogP contribution in [-0.4, -0.2) is 34.7 Å². The van der Waals surface area contributed by atoms with Gasteiger partial charge in [-0.3, -0.25) is 4.79 Å². The topological polar surface area (TPSA) is 86.6 Å². The fourth-order valence-electron chi connectivity index (χ4n) is 1.14. The summed E-state index contributed by atoms with van der Waals surface area (Å²) < 4.78 is 0. The van der Waals surface area contributed by atoms with Crippen molar-refractivity contribution in [1.82, 2.24) is 5.32 Å². The second kappa shape index (κ2) is 5.87. The third kappa shape index (κ3) is 4.10. The van der Waals surface area contributed by atoms with E-state index in [9.17, 15) is 9.59 Å². The first-order valence-electron chi connectivity index (χ1n) is 4.81.